The van der Waals surface area contributed by atoms with Crippen LogP contribution < -0.4 is 5.32 Å². The summed E-state index contributed by atoms with van der Waals surface area (Å²) in [6.07, 6.45) is 2.08. The van der Waals surface area contributed by atoms with Gasteiger partial charge in [0.15, 0.2) is 0 Å². The summed E-state index contributed by atoms with van der Waals surface area (Å²) in [5.41, 5.74) is 0.653. The fourth-order valence-electron chi connectivity index (χ4n) is 1.83. The number of ether oxygens (including phenoxy) is 1. The molecule has 1 aromatic rings. The molecule has 1 aliphatic carbocycles. The predicted octanol–water partition coefficient (Wildman–Crippen LogP) is 2.84. The number of nitrogens with zero attached hydrogens (tertiary/aromatic N) is 1. The molecule has 6 heteroatoms. The topological polar surface area (TPSA) is 64.4 Å². The van der Waals surface area contributed by atoms with Gasteiger partial charge in [0.1, 0.15) is 0 Å². The number of halogens is 1. The Labute approximate surface area is 104 Å². The van der Waals surface area contributed by atoms with Crippen molar-refractivity contribution in [2.75, 3.05) is 12.4 Å². The van der Waals surface area contributed by atoms with E-state index in [2.05, 4.69) is 5.32 Å². The summed E-state index contributed by atoms with van der Waals surface area (Å²) in [5.74, 6) is 0. The summed E-state index contributed by atoms with van der Waals surface area (Å²) < 4.78 is 5.17. The number of hydrogen-bond acceptors (Lipinski definition) is 4. The van der Waals surface area contributed by atoms with Crippen LogP contribution in [-0.2, 0) is 4.74 Å². The van der Waals surface area contributed by atoms with Gasteiger partial charge in [0.2, 0.25) is 0 Å². The first-order valence-electron chi connectivity index (χ1n) is 5.33. The van der Waals surface area contributed by atoms with Crippen molar-refractivity contribution >= 4 is 23.0 Å². The summed E-state index contributed by atoms with van der Waals surface area (Å²) >= 11 is 5.98. The number of hydrogen-bond donors (Lipinski definition) is 1. The molecular weight excluding hydrogens is 244 g/mol. The molecule has 0 saturated heterocycles. The number of nitro benzene ring substituents is 1. The van der Waals surface area contributed by atoms with E-state index in [0.29, 0.717) is 10.7 Å². The Hall–Kier alpha value is -1.33. The minimum atomic E-state index is -0.430. The summed E-state index contributed by atoms with van der Waals surface area (Å²) in [7, 11) is 1.68. The normalized spacial score (nSPS) is 22.9. The van der Waals surface area contributed by atoms with Crippen LogP contribution in [0.25, 0.3) is 0 Å². The van der Waals surface area contributed by atoms with Gasteiger partial charge in [-0.05, 0) is 18.9 Å². The monoisotopic (exact) mass is 256 g/mol. The molecule has 0 amide bonds. The Morgan fingerprint density at radius 1 is 1.53 bits per heavy atom. The smallest absolute Gasteiger partial charge is 0.271 e. The second-order valence-electron chi connectivity index (χ2n) is 4.09. The Balaban J connectivity index is 2.05. The molecule has 0 aromatic heterocycles. The van der Waals surface area contributed by atoms with Crippen molar-refractivity contribution in [2.24, 2.45) is 0 Å². The second-order valence-corrected chi connectivity index (χ2v) is 4.50. The zero-order valence-electron chi connectivity index (χ0n) is 9.35. The molecule has 2 rings (SSSR count). The number of nitro groups is 1. The summed E-state index contributed by atoms with van der Waals surface area (Å²) in [6, 6.07) is 4.67. The number of rotatable bonds is 4. The van der Waals surface area contributed by atoms with E-state index in [9.17, 15) is 10.1 Å². The van der Waals surface area contributed by atoms with Gasteiger partial charge in [0.25, 0.3) is 5.69 Å². The van der Waals surface area contributed by atoms with Gasteiger partial charge in [0.05, 0.1) is 21.7 Å². The lowest BCUT2D eigenvalue weighted by Gasteiger charge is -2.35. The highest BCUT2D eigenvalue weighted by Crippen LogP contribution is 2.31. The van der Waals surface area contributed by atoms with E-state index in [1.165, 1.54) is 18.2 Å². The third-order valence-corrected chi connectivity index (χ3v) is 3.28. The molecule has 0 spiro atoms. The fraction of sp³-hybridized carbons (Fsp3) is 0.455. The molecule has 1 aromatic carbocycles. The largest absolute Gasteiger partial charge is 0.381 e. The quantitative estimate of drug-likeness (QED) is 0.665. The third-order valence-electron chi connectivity index (χ3n) is 2.95. The molecule has 0 heterocycles. The standard InChI is InChI=1S/C11H13ClN2O3/c1-17-9-4-7(5-9)13-11-6-8(14(15)16)2-3-10(11)12/h2-3,6-7,9,13H,4-5H2,1H3. The van der Waals surface area contributed by atoms with Gasteiger partial charge in [-0.3, -0.25) is 10.1 Å². The van der Waals surface area contributed by atoms with Crippen LogP contribution in [0.4, 0.5) is 11.4 Å². The van der Waals surface area contributed by atoms with Gasteiger partial charge in [-0.25, -0.2) is 0 Å². The van der Waals surface area contributed by atoms with Crippen LogP contribution in [0.1, 0.15) is 12.8 Å². The fourth-order valence-corrected chi connectivity index (χ4v) is 2.01. The van der Waals surface area contributed by atoms with Crippen molar-refractivity contribution in [3.63, 3.8) is 0 Å². The Kier molecular flexibility index (Phi) is 3.49. The van der Waals surface area contributed by atoms with Crippen molar-refractivity contribution in [1.82, 2.24) is 0 Å². The van der Waals surface area contributed by atoms with E-state index in [0.717, 1.165) is 12.8 Å². The average Bonchev–Trinajstić information content (AvgIpc) is 2.24. The van der Waals surface area contributed by atoms with Crippen LogP contribution in [0, 0.1) is 10.1 Å². The lowest BCUT2D eigenvalue weighted by molar-refractivity contribution is -0.384. The zero-order valence-corrected chi connectivity index (χ0v) is 10.1. The molecule has 0 aliphatic heterocycles. The van der Waals surface area contributed by atoms with Crippen molar-refractivity contribution < 1.29 is 9.66 Å². The van der Waals surface area contributed by atoms with Crippen LogP contribution in [0.3, 0.4) is 0 Å². The van der Waals surface area contributed by atoms with E-state index in [1.54, 1.807) is 7.11 Å². The minimum absolute atomic E-state index is 0.0412. The van der Waals surface area contributed by atoms with Crippen LogP contribution in [0.5, 0.6) is 0 Å². The van der Waals surface area contributed by atoms with E-state index >= 15 is 0 Å². The minimum Gasteiger partial charge on any atom is -0.381 e. The summed E-state index contributed by atoms with van der Waals surface area (Å²) in [5, 5.41) is 14.3. The number of methoxy groups -OCH3 is 1. The molecule has 1 saturated carbocycles. The van der Waals surface area contributed by atoms with Crippen molar-refractivity contribution in [2.45, 2.75) is 25.0 Å². The van der Waals surface area contributed by atoms with Gasteiger partial charge in [-0.2, -0.15) is 0 Å². The van der Waals surface area contributed by atoms with Crippen molar-refractivity contribution in [1.29, 1.82) is 0 Å². The Morgan fingerprint density at radius 2 is 2.24 bits per heavy atom. The van der Waals surface area contributed by atoms with Gasteiger partial charge < -0.3 is 10.1 Å². The van der Waals surface area contributed by atoms with Crippen molar-refractivity contribution in [3.05, 3.63) is 33.3 Å². The molecule has 0 unspecified atom stereocenters. The number of benzene rings is 1. The number of anilines is 1. The first-order valence-corrected chi connectivity index (χ1v) is 5.71. The Bertz CT molecular complexity index is 433. The molecular formula is C11H13ClN2O3. The number of non-ortho nitro benzene ring substituents is 1. The first-order chi connectivity index (χ1) is 8.10. The second kappa shape index (κ2) is 4.89. The highest BCUT2D eigenvalue weighted by molar-refractivity contribution is 6.33. The predicted molar refractivity (Wildman–Crippen MR) is 65.5 cm³/mol. The molecule has 92 valence electrons. The van der Waals surface area contributed by atoms with E-state index in [4.69, 9.17) is 16.3 Å². The van der Waals surface area contributed by atoms with E-state index < -0.39 is 4.92 Å². The molecule has 17 heavy (non-hydrogen) atoms. The third kappa shape index (κ3) is 2.68. The molecule has 0 atom stereocenters. The maximum atomic E-state index is 10.6. The van der Waals surface area contributed by atoms with E-state index in [1.807, 2.05) is 0 Å². The van der Waals surface area contributed by atoms with Gasteiger partial charge in [0, 0.05) is 25.3 Å². The lowest BCUT2D eigenvalue weighted by Crippen LogP contribution is -2.40. The molecule has 5 nitrogen and oxygen atoms in total. The average molecular weight is 257 g/mol. The van der Waals surface area contributed by atoms with Crippen LogP contribution >= 0.6 is 11.6 Å². The summed E-state index contributed by atoms with van der Waals surface area (Å²) in [4.78, 5) is 10.2. The van der Waals surface area contributed by atoms with Crippen molar-refractivity contribution in [3.8, 4) is 0 Å². The SMILES string of the molecule is COC1CC(Nc2cc([N+](=O)[O-])ccc2Cl)C1. The first kappa shape index (κ1) is 12.1. The lowest BCUT2D eigenvalue weighted by atomic mass is 9.89. The maximum Gasteiger partial charge on any atom is 0.271 e. The molecule has 0 radical (unpaired) electrons. The van der Waals surface area contributed by atoms with Crippen LogP contribution in [0.2, 0.25) is 5.02 Å². The molecule has 1 aliphatic rings. The summed E-state index contributed by atoms with van der Waals surface area (Å²) in [6.45, 7) is 0. The molecule has 1 N–H and O–H groups in total. The highest BCUT2D eigenvalue weighted by atomic mass is 35.5. The zero-order chi connectivity index (χ0) is 12.4. The van der Waals surface area contributed by atoms with Gasteiger partial charge in [-0.1, -0.05) is 11.6 Å². The molecule has 1 fully saturated rings. The van der Waals surface area contributed by atoms with E-state index in [-0.39, 0.29) is 17.8 Å². The molecule has 0 bridgehead atoms. The van der Waals surface area contributed by atoms with Gasteiger partial charge in [-0.15, -0.1) is 0 Å². The highest BCUT2D eigenvalue weighted by Gasteiger charge is 2.29. The van der Waals surface area contributed by atoms with Gasteiger partial charge >= 0.3 is 0 Å². The maximum absolute atomic E-state index is 10.6. The number of nitrogens with one attached hydrogen (secondary N) is 1. The van der Waals surface area contributed by atoms with Crippen LogP contribution in [0.15, 0.2) is 18.2 Å². The van der Waals surface area contributed by atoms with Crippen LogP contribution in [-0.4, -0.2) is 24.2 Å². The Morgan fingerprint density at radius 3 is 2.82 bits per heavy atom.